The summed E-state index contributed by atoms with van der Waals surface area (Å²) in [4.78, 5) is 29.6. The molecule has 0 aliphatic carbocycles. The fourth-order valence-corrected chi connectivity index (χ4v) is 4.34. The van der Waals surface area contributed by atoms with Crippen LogP contribution in [0, 0.1) is 6.92 Å². The summed E-state index contributed by atoms with van der Waals surface area (Å²) in [5, 5.41) is 0. The van der Waals surface area contributed by atoms with Crippen molar-refractivity contribution in [1.82, 2.24) is 14.4 Å². The van der Waals surface area contributed by atoms with Gasteiger partial charge in [0.2, 0.25) is 0 Å². The second kappa shape index (κ2) is 10.6. The van der Waals surface area contributed by atoms with Crippen molar-refractivity contribution in [3.8, 4) is 0 Å². The first-order valence-corrected chi connectivity index (χ1v) is 11.9. The fourth-order valence-electron chi connectivity index (χ4n) is 4.34. The zero-order valence-electron chi connectivity index (χ0n) is 19.6. The lowest BCUT2D eigenvalue weighted by atomic mass is 10.1. The van der Waals surface area contributed by atoms with Crippen molar-refractivity contribution < 1.29 is 14.0 Å². The number of nitrogens with zero attached hydrogens (tertiary/aromatic N) is 3. The van der Waals surface area contributed by atoms with Gasteiger partial charge in [-0.1, -0.05) is 24.6 Å². The highest BCUT2D eigenvalue weighted by Gasteiger charge is 2.22. The van der Waals surface area contributed by atoms with Gasteiger partial charge in [0.15, 0.2) is 5.76 Å². The van der Waals surface area contributed by atoms with Crippen molar-refractivity contribution in [2.45, 2.75) is 52.6 Å². The van der Waals surface area contributed by atoms with E-state index in [0.717, 1.165) is 49.4 Å². The molecule has 6 nitrogen and oxygen atoms in total. The molecule has 2 aromatic heterocycles. The van der Waals surface area contributed by atoms with Gasteiger partial charge in [0, 0.05) is 37.1 Å². The Morgan fingerprint density at radius 3 is 2.48 bits per heavy atom. The van der Waals surface area contributed by atoms with Gasteiger partial charge in [-0.2, -0.15) is 0 Å². The van der Waals surface area contributed by atoms with Crippen LogP contribution in [0.3, 0.4) is 0 Å². The Bertz CT molecular complexity index is 1070. The standard InChI is InChI=1S/C27H33N3O3/c1-3-15-30(26(31)22-11-9-21(2)10-12-22)19-23-8-7-18-29(23)20-24-13-14-25(33-24)27(32)28-16-5-4-6-17-28/h7-14,18H,3-6,15-17,19-20H2,1-2H3. The lowest BCUT2D eigenvalue weighted by Crippen LogP contribution is -2.35. The molecule has 4 rings (SSSR count). The quantitative estimate of drug-likeness (QED) is 0.482. The number of benzene rings is 1. The molecule has 0 bridgehead atoms. The summed E-state index contributed by atoms with van der Waals surface area (Å²) < 4.78 is 8.00. The Labute approximate surface area is 195 Å². The lowest BCUT2D eigenvalue weighted by molar-refractivity contribution is 0.0688. The largest absolute Gasteiger partial charge is 0.454 e. The fraction of sp³-hybridized carbons (Fsp3) is 0.407. The smallest absolute Gasteiger partial charge is 0.289 e. The molecule has 0 unspecified atom stereocenters. The van der Waals surface area contributed by atoms with E-state index in [-0.39, 0.29) is 11.8 Å². The van der Waals surface area contributed by atoms with Crippen LogP contribution in [0.2, 0.25) is 0 Å². The van der Waals surface area contributed by atoms with E-state index in [9.17, 15) is 9.59 Å². The first kappa shape index (κ1) is 22.9. The summed E-state index contributed by atoms with van der Waals surface area (Å²) in [6.45, 7) is 7.44. The Morgan fingerprint density at radius 2 is 1.76 bits per heavy atom. The summed E-state index contributed by atoms with van der Waals surface area (Å²) in [6.07, 6.45) is 6.18. The van der Waals surface area contributed by atoms with Gasteiger partial charge in [0.25, 0.3) is 11.8 Å². The average molecular weight is 448 g/mol. The third kappa shape index (κ3) is 5.56. The number of likely N-dealkylation sites (tertiary alicyclic amines) is 1. The third-order valence-electron chi connectivity index (χ3n) is 6.20. The monoisotopic (exact) mass is 447 g/mol. The topological polar surface area (TPSA) is 58.7 Å². The molecule has 0 radical (unpaired) electrons. The zero-order valence-corrected chi connectivity index (χ0v) is 19.6. The maximum Gasteiger partial charge on any atom is 0.289 e. The molecule has 0 saturated carbocycles. The molecule has 0 atom stereocenters. The van der Waals surface area contributed by atoms with Gasteiger partial charge < -0.3 is 18.8 Å². The second-order valence-electron chi connectivity index (χ2n) is 8.84. The molecule has 3 heterocycles. The highest BCUT2D eigenvalue weighted by molar-refractivity contribution is 5.94. The van der Waals surface area contributed by atoms with E-state index in [2.05, 4.69) is 11.5 Å². The van der Waals surface area contributed by atoms with E-state index in [1.54, 1.807) is 6.07 Å². The number of piperidine rings is 1. The van der Waals surface area contributed by atoms with Gasteiger partial charge in [0.1, 0.15) is 5.76 Å². The SMILES string of the molecule is CCCN(Cc1cccn1Cc1ccc(C(=O)N2CCCCC2)o1)C(=O)c1ccc(C)cc1. The summed E-state index contributed by atoms with van der Waals surface area (Å²) >= 11 is 0. The van der Waals surface area contributed by atoms with E-state index >= 15 is 0 Å². The van der Waals surface area contributed by atoms with Gasteiger partial charge >= 0.3 is 0 Å². The van der Waals surface area contributed by atoms with Crippen LogP contribution in [-0.4, -0.2) is 45.8 Å². The van der Waals surface area contributed by atoms with Crippen LogP contribution in [0.15, 0.2) is 59.1 Å². The van der Waals surface area contributed by atoms with Gasteiger partial charge in [0.05, 0.1) is 13.1 Å². The molecule has 33 heavy (non-hydrogen) atoms. The van der Waals surface area contributed by atoms with Crippen molar-refractivity contribution in [2.75, 3.05) is 19.6 Å². The molecule has 174 valence electrons. The van der Waals surface area contributed by atoms with Crippen LogP contribution in [0.1, 0.15) is 70.5 Å². The van der Waals surface area contributed by atoms with Crippen molar-refractivity contribution in [2.24, 2.45) is 0 Å². The predicted molar refractivity (Wildman–Crippen MR) is 128 cm³/mol. The van der Waals surface area contributed by atoms with Crippen molar-refractivity contribution in [3.63, 3.8) is 0 Å². The third-order valence-corrected chi connectivity index (χ3v) is 6.20. The Hall–Kier alpha value is -3.28. The molecule has 1 saturated heterocycles. The molecule has 0 spiro atoms. The Morgan fingerprint density at radius 1 is 1.00 bits per heavy atom. The van der Waals surface area contributed by atoms with Crippen molar-refractivity contribution >= 4 is 11.8 Å². The van der Waals surface area contributed by atoms with Crippen LogP contribution in [-0.2, 0) is 13.1 Å². The minimum Gasteiger partial charge on any atom is -0.454 e. The molecule has 1 fully saturated rings. The molecule has 3 aromatic rings. The summed E-state index contributed by atoms with van der Waals surface area (Å²) in [5.41, 5.74) is 2.88. The highest BCUT2D eigenvalue weighted by Crippen LogP contribution is 2.18. The van der Waals surface area contributed by atoms with Crippen LogP contribution < -0.4 is 0 Å². The molecular weight excluding hydrogens is 414 g/mol. The first-order chi connectivity index (χ1) is 16.0. The summed E-state index contributed by atoms with van der Waals surface area (Å²) in [7, 11) is 0. The minimum absolute atomic E-state index is 0.0218. The normalized spacial score (nSPS) is 13.8. The van der Waals surface area contributed by atoms with E-state index in [4.69, 9.17) is 4.42 Å². The Balaban J connectivity index is 1.45. The number of rotatable bonds is 8. The summed E-state index contributed by atoms with van der Waals surface area (Å²) in [6, 6.07) is 15.4. The van der Waals surface area contributed by atoms with Gasteiger partial charge in [-0.25, -0.2) is 0 Å². The lowest BCUT2D eigenvalue weighted by Gasteiger charge is -2.25. The van der Waals surface area contributed by atoms with E-state index in [1.807, 2.05) is 65.4 Å². The van der Waals surface area contributed by atoms with Gasteiger partial charge in [-0.3, -0.25) is 9.59 Å². The number of hydrogen-bond donors (Lipinski definition) is 0. The van der Waals surface area contributed by atoms with Crippen LogP contribution in [0.25, 0.3) is 0 Å². The van der Waals surface area contributed by atoms with Crippen LogP contribution in [0.4, 0.5) is 0 Å². The van der Waals surface area contributed by atoms with Crippen molar-refractivity contribution in [1.29, 1.82) is 0 Å². The number of hydrogen-bond acceptors (Lipinski definition) is 3. The van der Waals surface area contributed by atoms with Crippen LogP contribution >= 0.6 is 0 Å². The minimum atomic E-state index is -0.0218. The zero-order chi connectivity index (χ0) is 23.2. The molecule has 1 aromatic carbocycles. The molecule has 1 aliphatic heterocycles. The molecular formula is C27H33N3O3. The second-order valence-corrected chi connectivity index (χ2v) is 8.84. The molecule has 2 amide bonds. The van der Waals surface area contributed by atoms with Crippen molar-refractivity contribution in [3.05, 3.63) is 83.1 Å². The maximum atomic E-state index is 13.1. The molecule has 0 N–H and O–H groups in total. The number of aromatic nitrogens is 1. The maximum absolute atomic E-state index is 13.1. The van der Waals surface area contributed by atoms with Crippen LogP contribution in [0.5, 0.6) is 0 Å². The van der Waals surface area contributed by atoms with Gasteiger partial charge in [-0.05, 0) is 69.0 Å². The number of furan rings is 1. The molecule has 6 heteroatoms. The predicted octanol–water partition coefficient (Wildman–Crippen LogP) is 5.12. The number of carbonyl (C=O) groups is 2. The van der Waals surface area contributed by atoms with E-state index in [0.29, 0.717) is 31.0 Å². The summed E-state index contributed by atoms with van der Waals surface area (Å²) in [5.74, 6) is 1.16. The van der Waals surface area contributed by atoms with E-state index < -0.39 is 0 Å². The molecule has 1 aliphatic rings. The number of amides is 2. The number of carbonyl (C=O) groups excluding carboxylic acids is 2. The number of aryl methyl sites for hydroxylation is 1. The highest BCUT2D eigenvalue weighted by atomic mass is 16.4. The average Bonchev–Trinajstić information content (AvgIpc) is 3.49. The van der Waals surface area contributed by atoms with E-state index in [1.165, 1.54) is 6.42 Å². The first-order valence-electron chi connectivity index (χ1n) is 11.9. The van der Waals surface area contributed by atoms with Gasteiger partial charge in [-0.15, -0.1) is 0 Å². The Kier molecular flexibility index (Phi) is 7.33.